The maximum Gasteiger partial charge on any atom is 0.0446 e. The van der Waals surface area contributed by atoms with Crippen molar-refractivity contribution in [3.05, 3.63) is 30.1 Å². The molecule has 2 N–H and O–H groups in total. The molecule has 1 fully saturated rings. The highest BCUT2D eigenvalue weighted by Gasteiger charge is 2.24. The number of nitrogens with zero attached hydrogens (tertiary/aromatic N) is 2. The van der Waals surface area contributed by atoms with Crippen LogP contribution >= 0.6 is 0 Å². The van der Waals surface area contributed by atoms with E-state index >= 15 is 0 Å². The molecule has 94 valence electrons. The predicted octanol–water partition coefficient (Wildman–Crippen LogP) is 0.626. The number of pyridine rings is 1. The highest BCUT2D eigenvalue weighted by Crippen LogP contribution is 2.13. The van der Waals surface area contributed by atoms with Crippen LogP contribution in [0.1, 0.15) is 18.9 Å². The summed E-state index contributed by atoms with van der Waals surface area (Å²) in [7, 11) is 0. The zero-order valence-corrected chi connectivity index (χ0v) is 10.3. The molecule has 17 heavy (non-hydrogen) atoms. The molecule has 2 heterocycles. The highest BCUT2D eigenvalue weighted by molar-refractivity contribution is 5.10. The Hall–Kier alpha value is -0.970. The molecule has 1 aromatic heterocycles. The number of rotatable bonds is 4. The van der Waals surface area contributed by atoms with Crippen LogP contribution in [-0.2, 0) is 6.54 Å². The van der Waals surface area contributed by atoms with Gasteiger partial charge in [-0.3, -0.25) is 9.88 Å². The van der Waals surface area contributed by atoms with Crippen molar-refractivity contribution in [2.75, 3.05) is 19.7 Å². The first kappa shape index (κ1) is 12.5. The fourth-order valence-electron chi connectivity index (χ4n) is 2.29. The third kappa shape index (κ3) is 3.49. The van der Waals surface area contributed by atoms with Crippen LogP contribution in [0.25, 0.3) is 0 Å². The van der Waals surface area contributed by atoms with Crippen molar-refractivity contribution in [2.45, 2.75) is 32.0 Å². The summed E-state index contributed by atoms with van der Waals surface area (Å²) in [5.41, 5.74) is 1.30. The Morgan fingerprint density at radius 3 is 2.94 bits per heavy atom. The quantitative estimate of drug-likeness (QED) is 0.803. The molecule has 2 unspecified atom stereocenters. The number of aliphatic hydroxyl groups is 1. The number of hydrogen-bond acceptors (Lipinski definition) is 4. The maximum absolute atomic E-state index is 8.99. The topological polar surface area (TPSA) is 48.4 Å². The molecule has 1 saturated heterocycles. The van der Waals surface area contributed by atoms with Crippen molar-refractivity contribution in [1.29, 1.82) is 0 Å². The molecule has 0 saturated carbocycles. The number of aromatic nitrogens is 1. The molecule has 0 spiro atoms. The van der Waals surface area contributed by atoms with Crippen molar-refractivity contribution < 1.29 is 5.11 Å². The van der Waals surface area contributed by atoms with Gasteiger partial charge in [-0.1, -0.05) is 0 Å². The lowest BCUT2D eigenvalue weighted by atomic mass is 10.1. The molecule has 1 aliphatic rings. The van der Waals surface area contributed by atoms with Crippen molar-refractivity contribution in [2.24, 2.45) is 0 Å². The molecule has 0 radical (unpaired) electrons. The first-order chi connectivity index (χ1) is 8.29. The Kier molecular flexibility index (Phi) is 4.48. The number of nitrogens with one attached hydrogen (secondary N) is 1. The van der Waals surface area contributed by atoms with Crippen molar-refractivity contribution in [3.63, 3.8) is 0 Å². The van der Waals surface area contributed by atoms with E-state index in [0.717, 1.165) is 26.1 Å². The van der Waals surface area contributed by atoms with Crippen molar-refractivity contribution >= 4 is 0 Å². The summed E-state index contributed by atoms with van der Waals surface area (Å²) >= 11 is 0. The second-order valence-corrected chi connectivity index (χ2v) is 4.75. The zero-order valence-electron chi connectivity index (χ0n) is 10.3. The summed E-state index contributed by atoms with van der Waals surface area (Å²) in [6.07, 6.45) is 4.51. The van der Waals surface area contributed by atoms with Gasteiger partial charge in [0.25, 0.3) is 0 Å². The lowest BCUT2D eigenvalue weighted by Gasteiger charge is -2.38. The van der Waals surface area contributed by atoms with Crippen molar-refractivity contribution in [1.82, 2.24) is 15.2 Å². The molecular formula is C13H21N3O. The monoisotopic (exact) mass is 235 g/mol. The Labute approximate surface area is 103 Å². The minimum Gasteiger partial charge on any atom is -0.396 e. The largest absolute Gasteiger partial charge is 0.396 e. The van der Waals surface area contributed by atoms with Crippen LogP contribution in [0.3, 0.4) is 0 Å². The molecule has 2 rings (SSSR count). The average Bonchev–Trinajstić information content (AvgIpc) is 2.35. The lowest BCUT2D eigenvalue weighted by molar-refractivity contribution is 0.119. The zero-order chi connectivity index (χ0) is 12.1. The molecule has 0 aromatic carbocycles. The summed E-state index contributed by atoms with van der Waals surface area (Å²) in [6.45, 7) is 5.46. The third-order valence-electron chi connectivity index (χ3n) is 3.39. The summed E-state index contributed by atoms with van der Waals surface area (Å²) in [6, 6.07) is 5.09. The van der Waals surface area contributed by atoms with Gasteiger partial charge in [0.15, 0.2) is 0 Å². The Balaban J connectivity index is 1.94. The molecule has 4 nitrogen and oxygen atoms in total. The van der Waals surface area contributed by atoms with E-state index < -0.39 is 0 Å². The fourth-order valence-corrected chi connectivity index (χ4v) is 2.29. The van der Waals surface area contributed by atoms with Gasteiger partial charge in [-0.05, 0) is 31.0 Å². The Bertz CT molecular complexity index is 331. The van der Waals surface area contributed by atoms with Gasteiger partial charge in [0.2, 0.25) is 0 Å². The van der Waals surface area contributed by atoms with Gasteiger partial charge in [0, 0.05) is 50.7 Å². The van der Waals surface area contributed by atoms with Crippen LogP contribution in [0.4, 0.5) is 0 Å². The van der Waals surface area contributed by atoms with E-state index in [0.29, 0.717) is 12.1 Å². The van der Waals surface area contributed by atoms with E-state index in [1.165, 1.54) is 5.56 Å². The average molecular weight is 235 g/mol. The molecule has 4 heteroatoms. The SMILES string of the molecule is CC1CNC(CCO)CN1Cc1ccncc1. The molecular weight excluding hydrogens is 214 g/mol. The molecule has 0 bridgehead atoms. The van der Waals surface area contributed by atoms with Gasteiger partial charge in [-0.2, -0.15) is 0 Å². The van der Waals surface area contributed by atoms with Crippen LogP contribution < -0.4 is 5.32 Å². The fraction of sp³-hybridized carbons (Fsp3) is 0.615. The lowest BCUT2D eigenvalue weighted by Crippen LogP contribution is -2.55. The maximum atomic E-state index is 8.99. The van der Waals surface area contributed by atoms with E-state index in [4.69, 9.17) is 5.11 Å². The normalized spacial score (nSPS) is 26.0. The molecule has 1 aliphatic heterocycles. The van der Waals surface area contributed by atoms with E-state index in [2.05, 4.69) is 34.3 Å². The van der Waals surface area contributed by atoms with Gasteiger partial charge in [-0.25, -0.2) is 0 Å². The summed E-state index contributed by atoms with van der Waals surface area (Å²) < 4.78 is 0. The Morgan fingerprint density at radius 2 is 2.24 bits per heavy atom. The smallest absolute Gasteiger partial charge is 0.0446 e. The van der Waals surface area contributed by atoms with Crippen LogP contribution in [0.15, 0.2) is 24.5 Å². The molecule has 1 aromatic rings. The molecule has 0 amide bonds. The van der Waals surface area contributed by atoms with E-state index in [-0.39, 0.29) is 6.61 Å². The van der Waals surface area contributed by atoms with Crippen LogP contribution in [0.2, 0.25) is 0 Å². The molecule has 0 aliphatic carbocycles. The number of aliphatic hydroxyl groups excluding tert-OH is 1. The first-order valence-corrected chi connectivity index (χ1v) is 6.27. The third-order valence-corrected chi connectivity index (χ3v) is 3.39. The van der Waals surface area contributed by atoms with E-state index in [1.54, 1.807) is 0 Å². The molecule has 2 atom stereocenters. The Morgan fingerprint density at radius 1 is 1.47 bits per heavy atom. The summed E-state index contributed by atoms with van der Waals surface area (Å²) in [4.78, 5) is 6.50. The number of piperazine rings is 1. The van der Waals surface area contributed by atoms with Gasteiger partial charge in [-0.15, -0.1) is 0 Å². The summed E-state index contributed by atoms with van der Waals surface area (Å²) in [5.74, 6) is 0. The minimum atomic E-state index is 0.259. The minimum absolute atomic E-state index is 0.259. The van der Waals surface area contributed by atoms with E-state index in [9.17, 15) is 0 Å². The van der Waals surface area contributed by atoms with Crippen molar-refractivity contribution in [3.8, 4) is 0 Å². The van der Waals surface area contributed by atoms with Gasteiger partial charge < -0.3 is 10.4 Å². The van der Waals surface area contributed by atoms with Gasteiger partial charge in [0.05, 0.1) is 0 Å². The summed E-state index contributed by atoms with van der Waals surface area (Å²) in [5, 5.41) is 12.5. The number of hydrogen-bond donors (Lipinski definition) is 2. The van der Waals surface area contributed by atoms with Crippen LogP contribution in [0, 0.1) is 0 Å². The van der Waals surface area contributed by atoms with Gasteiger partial charge in [0.1, 0.15) is 0 Å². The van der Waals surface area contributed by atoms with Crippen LogP contribution in [0.5, 0.6) is 0 Å². The standard InChI is InChI=1S/C13H21N3O/c1-11-8-15-13(4-7-17)10-16(11)9-12-2-5-14-6-3-12/h2-3,5-6,11,13,15,17H,4,7-10H2,1H3. The van der Waals surface area contributed by atoms with Gasteiger partial charge >= 0.3 is 0 Å². The first-order valence-electron chi connectivity index (χ1n) is 6.27. The second kappa shape index (κ2) is 6.10. The predicted molar refractivity (Wildman–Crippen MR) is 67.6 cm³/mol. The second-order valence-electron chi connectivity index (χ2n) is 4.75. The van der Waals surface area contributed by atoms with E-state index in [1.807, 2.05) is 12.4 Å². The van der Waals surface area contributed by atoms with Crippen LogP contribution in [-0.4, -0.2) is 46.8 Å². The highest BCUT2D eigenvalue weighted by atomic mass is 16.3.